The van der Waals surface area contributed by atoms with E-state index >= 15 is 0 Å². The largest absolute Gasteiger partial charge is 0.493 e. The zero-order valence-corrected chi connectivity index (χ0v) is 18.1. The Hall–Kier alpha value is -3.16. The van der Waals surface area contributed by atoms with E-state index in [1.165, 1.54) is 13.3 Å². The van der Waals surface area contributed by atoms with Crippen molar-refractivity contribution < 1.29 is 19.1 Å². The average Bonchev–Trinajstić information content (AvgIpc) is 2.75. The minimum absolute atomic E-state index is 0.256. The van der Waals surface area contributed by atoms with Gasteiger partial charge in [0.1, 0.15) is 0 Å². The van der Waals surface area contributed by atoms with Gasteiger partial charge in [0.15, 0.2) is 11.5 Å². The van der Waals surface area contributed by atoms with Gasteiger partial charge in [0.25, 0.3) is 5.91 Å². The number of nitrogens with zero attached hydrogens (tertiary/aromatic N) is 1. The lowest BCUT2D eigenvalue weighted by Crippen LogP contribution is -2.18. The quantitative estimate of drug-likeness (QED) is 0.227. The Morgan fingerprint density at radius 3 is 2.47 bits per heavy atom. The number of ether oxygens (including phenoxy) is 2. The number of methoxy groups -OCH3 is 1. The number of benzene rings is 3. The first kappa shape index (κ1) is 21.5. The summed E-state index contributed by atoms with van der Waals surface area (Å²) in [5, 5.41) is 4.49. The van der Waals surface area contributed by atoms with Crippen LogP contribution in [0.4, 0.5) is 0 Å². The van der Waals surface area contributed by atoms with Crippen molar-refractivity contribution in [3.05, 3.63) is 92.9 Å². The number of hydrogen-bond acceptors (Lipinski definition) is 5. The third kappa shape index (κ3) is 5.46. The number of rotatable bonds is 6. The van der Waals surface area contributed by atoms with Crippen molar-refractivity contribution >= 4 is 45.6 Å². The second-order valence-electron chi connectivity index (χ2n) is 5.99. The molecule has 1 amide bonds. The Kier molecular flexibility index (Phi) is 7.21. The predicted octanol–water partition coefficient (Wildman–Crippen LogP) is 5.09. The van der Waals surface area contributed by atoms with Gasteiger partial charge >= 0.3 is 5.97 Å². The molecule has 0 saturated heterocycles. The smallest absolute Gasteiger partial charge is 0.343 e. The average molecular weight is 488 g/mol. The first-order valence-electron chi connectivity index (χ1n) is 8.71. The fraction of sp³-hybridized carbons (Fsp3) is 0.0455. The molecule has 0 aliphatic carbocycles. The van der Waals surface area contributed by atoms with Crippen LogP contribution in [0.5, 0.6) is 11.5 Å². The van der Waals surface area contributed by atoms with Crippen molar-refractivity contribution in [1.82, 2.24) is 5.43 Å². The van der Waals surface area contributed by atoms with Gasteiger partial charge in [-0.15, -0.1) is 0 Å². The van der Waals surface area contributed by atoms with Crippen LogP contribution in [0.2, 0.25) is 5.02 Å². The lowest BCUT2D eigenvalue weighted by atomic mass is 10.2. The molecule has 0 fully saturated rings. The van der Waals surface area contributed by atoms with E-state index in [-0.39, 0.29) is 11.7 Å². The highest BCUT2D eigenvalue weighted by Crippen LogP contribution is 2.28. The van der Waals surface area contributed by atoms with Gasteiger partial charge in [-0.25, -0.2) is 10.2 Å². The maximum absolute atomic E-state index is 12.3. The summed E-state index contributed by atoms with van der Waals surface area (Å²) in [7, 11) is 1.46. The van der Waals surface area contributed by atoms with Crippen LogP contribution in [-0.4, -0.2) is 25.2 Å². The lowest BCUT2D eigenvalue weighted by molar-refractivity contribution is 0.0729. The molecule has 3 aromatic rings. The second-order valence-corrected chi connectivity index (χ2v) is 7.28. The summed E-state index contributed by atoms with van der Waals surface area (Å²) in [5.74, 6) is -0.281. The van der Waals surface area contributed by atoms with E-state index in [9.17, 15) is 9.59 Å². The number of hydrazone groups is 1. The maximum atomic E-state index is 12.3. The van der Waals surface area contributed by atoms with Crippen LogP contribution < -0.4 is 14.9 Å². The molecule has 0 radical (unpaired) electrons. The minimum Gasteiger partial charge on any atom is -0.493 e. The molecule has 6 nitrogen and oxygen atoms in total. The van der Waals surface area contributed by atoms with Crippen molar-refractivity contribution in [1.29, 1.82) is 0 Å². The molecule has 0 saturated carbocycles. The Balaban J connectivity index is 1.68. The van der Waals surface area contributed by atoms with Gasteiger partial charge in [0, 0.05) is 9.50 Å². The van der Waals surface area contributed by atoms with Crippen LogP contribution in [0.15, 0.2) is 76.3 Å². The molecule has 0 spiro atoms. The molecular formula is C22H16BrClN2O4. The molecule has 1 N–H and O–H groups in total. The van der Waals surface area contributed by atoms with Gasteiger partial charge in [0.05, 0.1) is 24.5 Å². The Morgan fingerprint density at radius 1 is 1.03 bits per heavy atom. The van der Waals surface area contributed by atoms with Crippen LogP contribution in [0, 0.1) is 0 Å². The monoisotopic (exact) mass is 486 g/mol. The molecular weight excluding hydrogens is 472 g/mol. The molecule has 3 aromatic carbocycles. The van der Waals surface area contributed by atoms with Crippen molar-refractivity contribution in [2.24, 2.45) is 5.10 Å². The van der Waals surface area contributed by atoms with Crippen molar-refractivity contribution in [2.75, 3.05) is 7.11 Å². The maximum Gasteiger partial charge on any atom is 0.343 e. The fourth-order valence-electron chi connectivity index (χ4n) is 2.46. The normalized spacial score (nSPS) is 10.6. The SMILES string of the molecule is COc1cc(/C=N\NC(=O)c2ccccc2Br)ccc1OC(=O)c1ccc(Cl)cc1. The molecule has 3 rings (SSSR count). The van der Waals surface area contributed by atoms with Gasteiger partial charge in [-0.05, 0) is 76.1 Å². The second kappa shape index (κ2) is 10.0. The van der Waals surface area contributed by atoms with E-state index < -0.39 is 5.97 Å². The van der Waals surface area contributed by atoms with Crippen molar-refractivity contribution in [3.8, 4) is 11.5 Å². The number of carbonyl (C=O) groups excluding carboxylic acids is 2. The summed E-state index contributed by atoms with van der Waals surface area (Å²) >= 11 is 9.16. The molecule has 0 aliphatic rings. The van der Waals surface area contributed by atoms with Crippen LogP contribution in [0.1, 0.15) is 26.3 Å². The molecule has 152 valence electrons. The number of esters is 1. The van der Waals surface area contributed by atoms with E-state index in [2.05, 4.69) is 26.5 Å². The van der Waals surface area contributed by atoms with Crippen LogP contribution in [-0.2, 0) is 0 Å². The standard InChI is InChI=1S/C22H16BrClN2O4/c1-29-20-12-14(13-25-26-21(27)17-4-2-3-5-18(17)23)6-11-19(20)30-22(28)15-7-9-16(24)10-8-15/h2-13H,1H3,(H,26,27)/b25-13-. The van der Waals surface area contributed by atoms with Crippen LogP contribution in [0.3, 0.4) is 0 Å². The Morgan fingerprint density at radius 2 is 1.77 bits per heavy atom. The molecule has 8 heteroatoms. The highest BCUT2D eigenvalue weighted by molar-refractivity contribution is 9.10. The minimum atomic E-state index is -0.535. The molecule has 0 aromatic heterocycles. The van der Waals surface area contributed by atoms with Crippen LogP contribution in [0.25, 0.3) is 0 Å². The molecule has 30 heavy (non-hydrogen) atoms. The number of amides is 1. The van der Waals surface area contributed by atoms with E-state index in [0.29, 0.717) is 31.9 Å². The summed E-state index contributed by atoms with van der Waals surface area (Å²) in [6, 6.07) is 18.3. The highest BCUT2D eigenvalue weighted by Gasteiger charge is 2.13. The van der Waals surface area contributed by atoms with Gasteiger partial charge in [0.2, 0.25) is 0 Å². The van der Waals surface area contributed by atoms with Crippen LogP contribution >= 0.6 is 27.5 Å². The Labute approximate surface area is 186 Å². The third-order valence-electron chi connectivity index (χ3n) is 3.97. The first-order chi connectivity index (χ1) is 14.5. The summed E-state index contributed by atoms with van der Waals surface area (Å²) in [4.78, 5) is 24.5. The number of carbonyl (C=O) groups is 2. The van der Waals surface area contributed by atoms with Gasteiger partial charge in [-0.2, -0.15) is 5.10 Å². The number of hydrogen-bond donors (Lipinski definition) is 1. The summed E-state index contributed by atoms with van der Waals surface area (Å²) in [6.45, 7) is 0. The summed E-state index contributed by atoms with van der Waals surface area (Å²) in [5.41, 5.74) is 3.94. The third-order valence-corrected chi connectivity index (χ3v) is 4.91. The highest BCUT2D eigenvalue weighted by atomic mass is 79.9. The number of halogens is 2. The van der Waals surface area contributed by atoms with E-state index in [1.54, 1.807) is 60.7 Å². The molecule has 0 aliphatic heterocycles. The van der Waals surface area contributed by atoms with Crippen molar-refractivity contribution in [3.63, 3.8) is 0 Å². The van der Waals surface area contributed by atoms with Crippen molar-refractivity contribution in [2.45, 2.75) is 0 Å². The summed E-state index contributed by atoms with van der Waals surface area (Å²) < 4.78 is 11.4. The zero-order chi connectivity index (χ0) is 21.5. The lowest BCUT2D eigenvalue weighted by Gasteiger charge is -2.10. The summed E-state index contributed by atoms with van der Waals surface area (Å²) in [6.07, 6.45) is 1.46. The molecule has 0 heterocycles. The fourth-order valence-corrected chi connectivity index (χ4v) is 3.06. The molecule has 0 atom stereocenters. The molecule has 0 bridgehead atoms. The number of nitrogens with one attached hydrogen (secondary N) is 1. The van der Waals surface area contributed by atoms with E-state index in [4.69, 9.17) is 21.1 Å². The molecule has 0 unspecified atom stereocenters. The first-order valence-corrected chi connectivity index (χ1v) is 9.89. The van der Waals surface area contributed by atoms with E-state index in [1.807, 2.05) is 6.07 Å². The topological polar surface area (TPSA) is 77.0 Å². The van der Waals surface area contributed by atoms with E-state index in [0.717, 1.165) is 0 Å². The van der Waals surface area contributed by atoms with Gasteiger partial charge in [-0.1, -0.05) is 23.7 Å². The predicted molar refractivity (Wildman–Crippen MR) is 119 cm³/mol. The zero-order valence-electron chi connectivity index (χ0n) is 15.8. The van der Waals surface area contributed by atoms with Gasteiger partial charge in [-0.3, -0.25) is 4.79 Å². The Bertz CT molecular complexity index is 1100. The van der Waals surface area contributed by atoms with Gasteiger partial charge < -0.3 is 9.47 Å².